The third-order valence-corrected chi connectivity index (χ3v) is 6.04. The minimum absolute atomic E-state index is 0.216. The van der Waals surface area contributed by atoms with Gasteiger partial charge in [-0.15, -0.1) is 0 Å². The quantitative estimate of drug-likeness (QED) is 0.726. The van der Waals surface area contributed by atoms with Crippen LogP contribution in [-0.4, -0.2) is 26.6 Å². The number of hydrogen-bond donors (Lipinski definition) is 1. The predicted octanol–water partition coefficient (Wildman–Crippen LogP) is 3.98. The van der Waals surface area contributed by atoms with Crippen molar-refractivity contribution in [3.05, 3.63) is 65.2 Å². The first-order chi connectivity index (χ1) is 13.2. The first-order valence-corrected chi connectivity index (χ1v) is 11.5. The molecule has 5 nitrogen and oxygen atoms in total. The molecule has 0 fully saturated rings. The van der Waals surface area contributed by atoms with Gasteiger partial charge in [0.15, 0.2) is 0 Å². The highest BCUT2D eigenvalue weighted by Gasteiger charge is 2.32. The third kappa shape index (κ3) is 5.35. The molecule has 152 valence electrons. The van der Waals surface area contributed by atoms with Crippen LogP contribution < -0.4 is 9.62 Å². The number of carbonyl (C=O) groups excluding carboxylic acids is 1. The Balaban J connectivity index is 2.26. The summed E-state index contributed by atoms with van der Waals surface area (Å²) in [6, 6.07) is 14.2. The van der Waals surface area contributed by atoms with E-state index in [1.54, 1.807) is 12.1 Å². The number of nitrogens with zero attached hydrogens (tertiary/aromatic N) is 1. The highest BCUT2D eigenvalue weighted by Crippen LogP contribution is 2.24. The Morgan fingerprint density at radius 1 is 1.04 bits per heavy atom. The summed E-state index contributed by atoms with van der Waals surface area (Å²) in [6.45, 7) is 7.75. The Labute approximate surface area is 168 Å². The summed E-state index contributed by atoms with van der Waals surface area (Å²) in [4.78, 5) is 13.0. The number of anilines is 1. The van der Waals surface area contributed by atoms with Crippen molar-refractivity contribution in [1.82, 2.24) is 5.32 Å². The van der Waals surface area contributed by atoms with E-state index in [4.69, 9.17) is 0 Å². The monoisotopic (exact) mass is 402 g/mol. The molecule has 0 radical (unpaired) electrons. The lowest BCUT2D eigenvalue weighted by atomic mass is 10.0. The maximum absolute atomic E-state index is 13.0. The summed E-state index contributed by atoms with van der Waals surface area (Å²) in [7, 11) is -3.62. The van der Waals surface area contributed by atoms with Crippen molar-refractivity contribution >= 4 is 21.6 Å². The molecule has 0 spiro atoms. The number of rotatable bonds is 8. The van der Waals surface area contributed by atoms with Crippen LogP contribution in [0.15, 0.2) is 48.5 Å². The molecule has 1 N–H and O–H groups in total. The fraction of sp³-hybridized carbons (Fsp3) is 0.409. The molecule has 0 aliphatic heterocycles. The van der Waals surface area contributed by atoms with Crippen molar-refractivity contribution < 1.29 is 13.2 Å². The highest BCUT2D eigenvalue weighted by molar-refractivity contribution is 7.92. The number of amides is 1. The van der Waals surface area contributed by atoms with Crippen molar-refractivity contribution in [1.29, 1.82) is 0 Å². The topological polar surface area (TPSA) is 66.5 Å². The van der Waals surface area contributed by atoms with Gasteiger partial charge < -0.3 is 5.32 Å². The van der Waals surface area contributed by atoms with Crippen LogP contribution in [-0.2, 0) is 21.2 Å². The van der Waals surface area contributed by atoms with E-state index in [-0.39, 0.29) is 11.9 Å². The smallest absolute Gasteiger partial charge is 0.244 e. The summed E-state index contributed by atoms with van der Waals surface area (Å²) in [5, 5.41) is 2.97. The summed E-state index contributed by atoms with van der Waals surface area (Å²) in [5.74, 6) is -0.305. The van der Waals surface area contributed by atoms with Crippen molar-refractivity contribution in [3.63, 3.8) is 0 Å². The Kier molecular flexibility index (Phi) is 7.24. The summed E-state index contributed by atoms with van der Waals surface area (Å²) >= 11 is 0. The Hall–Kier alpha value is -2.34. The predicted molar refractivity (Wildman–Crippen MR) is 115 cm³/mol. The van der Waals surface area contributed by atoms with E-state index in [0.29, 0.717) is 12.1 Å². The second-order valence-corrected chi connectivity index (χ2v) is 9.00. The van der Waals surface area contributed by atoms with E-state index in [2.05, 4.69) is 12.2 Å². The van der Waals surface area contributed by atoms with Gasteiger partial charge >= 0.3 is 0 Å². The van der Waals surface area contributed by atoms with E-state index in [1.165, 1.54) is 9.87 Å². The Morgan fingerprint density at radius 3 is 2.07 bits per heavy atom. The summed E-state index contributed by atoms with van der Waals surface area (Å²) in [5.41, 5.74) is 3.74. The minimum Gasteiger partial charge on any atom is -0.348 e. The fourth-order valence-corrected chi connectivity index (χ4v) is 4.40. The first-order valence-electron chi connectivity index (χ1n) is 9.62. The van der Waals surface area contributed by atoms with Gasteiger partial charge in [-0.3, -0.25) is 9.10 Å². The van der Waals surface area contributed by atoms with Crippen molar-refractivity contribution in [2.45, 2.75) is 52.6 Å². The lowest BCUT2D eigenvalue weighted by molar-refractivity contribution is -0.122. The molecule has 6 heteroatoms. The average molecular weight is 403 g/mol. The normalized spacial score (nSPS) is 13.6. The molecular weight excluding hydrogens is 372 g/mol. The molecule has 0 unspecified atom stereocenters. The molecule has 0 aliphatic carbocycles. The molecule has 2 atom stereocenters. The minimum atomic E-state index is -3.62. The zero-order valence-electron chi connectivity index (χ0n) is 17.3. The lowest BCUT2D eigenvalue weighted by Gasteiger charge is -2.31. The molecule has 2 rings (SSSR count). The molecule has 28 heavy (non-hydrogen) atoms. The van der Waals surface area contributed by atoms with Crippen LogP contribution in [0.25, 0.3) is 0 Å². The van der Waals surface area contributed by atoms with Gasteiger partial charge in [-0.2, -0.15) is 0 Å². The van der Waals surface area contributed by atoms with Crippen LogP contribution in [0.5, 0.6) is 0 Å². The molecule has 0 saturated heterocycles. The number of carbonyl (C=O) groups is 1. The van der Waals surface area contributed by atoms with E-state index < -0.39 is 16.1 Å². The van der Waals surface area contributed by atoms with Gasteiger partial charge in [0.25, 0.3) is 0 Å². The van der Waals surface area contributed by atoms with Gasteiger partial charge in [-0.05, 0) is 49.9 Å². The first kappa shape index (κ1) is 22.0. The zero-order chi connectivity index (χ0) is 20.9. The van der Waals surface area contributed by atoms with Crippen LogP contribution in [0.2, 0.25) is 0 Å². The second kappa shape index (κ2) is 9.24. The van der Waals surface area contributed by atoms with Crippen LogP contribution in [0, 0.1) is 6.92 Å². The third-order valence-electron chi connectivity index (χ3n) is 4.86. The largest absolute Gasteiger partial charge is 0.348 e. The van der Waals surface area contributed by atoms with Crippen LogP contribution >= 0.6 is 0 Å². The number of aryl methyl sites for hydroxylation is 2. The molecule has 0 aliphatic rings. The number of hydrogen-bond acceptors (Lipinski definition) is 3. The SMILES string of the molecule is CCc1ccc([C@@H](C)NC(=O)[C@H](CC)N(c2ccc(C)cc2)S(C)(=O)=O)cc1. The number of nitrogens with one attached hydrogen (secondary N) is 1. The van der Waals surface area contributed by atoms with Gasteiger partial charge in [0.1, 0.15) is 6.04 Å². The van der Waals surface area contributed by atoms with Gasteiger partial charge in [0.05, 0.1) is 18.0 Å². The second-order valence-electron chi connectivity index (χ2n) is 7.14. The Bertz CT molecular complexity index is 890. The van der Waals surface area contributed by atoms with Gasteiger partial charge in [-0.25, -0.2) is 8.42 Å². The molecule has 0 bridgehead atoms. The van der Waals surface area contributed by atoms with Crippen molar-refractivity contribution in [2.24, 2.45) is 0 Å². The van der Waals surface area contributed by atoms with Crippen LogP contribution in [0.1, 0.15) is 49.9 Å². The maximum atomic E-state index is 13.0. The van der Waals surface area contributed by atoms with Gasteiger partial charge in [-0.1, -0.05) is 55.8 Å². The van der Waals surface area contributed by atoms with Crippen LogP contribution in [0.4, 0.5) is 5.69 Å². The summed E-state index contributed by atoms with van der Waals surface area (Å²) < 4.78 is 26.2. The van der Waals surface area contributed by atoms with Gasteiger partial charge in [0.2, 0.25) is 15.9 Å². The average Bonchev–Trinajstić information content (AvgIpc) is 2.66. The van der Waals surface area contributed by atoms with E-state index in [0.717, 1.165) is 23.8 Å². The van der Waals surface area contributed by atoms with Crippen molar-refractivity contribution in [2.75, 3.05) is 10.6 Å². The molecule has 2 aromatic carbocycles. The molecule has 0 aromatic heterocycles. The number of sulfonamides is 1. The Morgan fingerprint density at radius 2 is 1.61 bits per heavy atom. The van der Waals surface area contributed by atoms with E-state index in [1.807, 2.05) is 57.2 Å². The molecule has 1 amide bonds. The highest BCUT2D eigenvalue weighted by atomic mass is 32.2. The zero-order valence-corrected chi connectivity index (χ0v) is 18.1. The lowest BCUT2D eigenvalue weighted by Crippen LogP contribution is -2.49. The van der Waals surface area contributed by atoms with Gasteiger partial charge in [0, 0.05) is 0 Å². The van der Waals surface area contributed by atoms with Crippen LogP contribution in [0.3, 0.4) is 0 Å². The van der Waals surface area contributed by atoms with Crippen molar-refractivity contribution in [3.8, 4) is 0 Å². The molecule has 2 aromatic rings. The van der Waals surface area contributed by atoms with E-state index in [9.17, 15) is 13.2 Å². The number of benzene rings is 2. The molecular formula is C22H30N2O3S. The molecule has 0 heterocycles. The van der Waals surface area contributed by atoms with E-state index >= 15 is 0 Å². The summed E-state index contributed by atoms with van der Waals surface area (Å²) in [6.07, 6.45) is 2.46. The standard InChI is InChI=1S/C22H30N2O3S/c1-6-18-10-12-19(13-11-18)17(4)23-22(25)21(7-2)24(28(5,26)27)20-14-8-16(3)9-15-20/h8-15,17,21H,6-7H2,1-5H3,(H,23,25)/t17-,21+/m1/s1. The maximum Gasteiger partial charge on any atom is 0.244 e. The molecule has 0 saturated carbocycles. The fourth-order valence-electron chi connectivity index (χ4n) is 3.19.